The van der Waals surface area contributed by atoms with E-state index in [0.717, 1.165) is 0 Å². The van der Waals surface area contributed by atoms with Crippen molar-refractivity contribution in [1.82, 2.24) is 5.09 Å². The lowest BCUT2D eigenvalue weighted by Crippen LogP contribution is -2.08. The molecule has 0 aliphatic carbocycles. The van der Waals surface area contributed by atoms with Crippen molar-refractivity contribution in [2.75, 3.05) is 0 Å². The smallest absolute Gasteiger partial charge is 0.00422 e. The van der Waals surface area contributed by atoms with Gasteiger partial charge in [0, 0.05) is 6.04 Å². The summed E-state index contributed by atoms with van der Waals surface area (Å²) >= 11 is 0. The molecule has 0 aromatic rings. The highest BCUT2D eigenvalue weighted by atomic mass is 31.0. The van der Waals surface area contributed by atoms with Crippen molar-refractivity contribution in [1.29, 1.82) is 0 Å². The molecule has 2 heteroatoms. The standard InChI is InChI=1S/C3H10NP/c1-3(2)4-5/h3-4H,5H2,1-2H3. The molecule has 0 spiro atoms. The van der Waals surface area contributed by atoms with Crippen LogP contribution in [0.25, 0.3) is 0 Å². The van der Waals surface area contributed by atoms with E-state index in [1.807, 2.05) is 0 Å². The number of rotatable bonds is 1. The van der Waals surface area contributed by atoms with Gasteiger partial charge in [-0.3, -0.25) is 5.09 Å². The highest BCUT2D eigenvalue weighted by molar-refractivity contribution is 7.13. The molecule has 0 fully saturated rings. The molecule has 5 heavy (non-hydrogen) atoms. The van der Waals surface area contributed by atoms with Crippen LogP contribution in [0, 0.1) is 0 Å². The van der Waals surface area contributed by atoms with Gasteiger partial charge in [-0.05, 0) is 13.8 Å². The fourth-order valence-corrected chi connectivity index (χ4v) is 0. The van der Waals surface area contributed by atoms with Gasteiger partial charge in [0.05, 0.1) is 0 Å². The lowest BCUT2D eigenvalue weighted by molar-refractivity contribution is 0.771. The van der Waals surface area contributed by atoms with E-state index in [9.17, 15) is 0 Å². The molecule has 1 N–H and O–H groups in total. The van der Waals surface area contributed by atoms with Crippen LogP contribution in [-0.4, -0.2) is 6.04 Å². The molecule has 0 saturated carbocycles. The van der Waals surface area contributed by atoms with Crippen LogP contribution in [0.1, 0.15) is 13.8 Å². The number of hydrogen-bond acceptors (Lipinski definition) is 1. The molecular weight excluding hydrogens is 81.0 g/mol. The third-order valence-corrected chi connectivity index (χ3v) is 1.00. The normalized spacial score (nSPS) is 9.60. The lowest BCUT2D eigenvalue weighted by Gasteiger charge is -1.95. The molecule has 0 aliphatic rings. The van der Waals surface area contributed by atoms with Crippen molar-refractivity contribution < 1.29 is 0 Å². The van der Waals surface area contributed by atoms with Crippen LogP contribution in [0.2, 0.25) is 0 Å². The number of nitrogens with one attached hydrogen (secondary N) is 1. The third-order valence-electron chi connectivity index (χ3n) is 0.333. The molecule has 1 atom stereocenters. The topological polar surface area (TPSA) is 12.0 Å². The van der Waals surface area contributed by atoms with Gasteiger partial charge in [-0.2, -0.15) is 0 Å². The lowest BCUT2D eigenvalue weighted by atomic mass is 10.4. The predicted molar refractivity (Wildman–Crippen MR) is 28.0 cm³/mol. The summed E-state index contributed by atoms with van der Waals surface area (Å²) in [6.45, 7) is 4.18. The van der Waals surface area contributed by atoms with E-state index < -0.39 is 0 Å². The summed E-state index contributed by atoms with van der Waals surface area (Å²) in [5.41, 5.74) is 0. The van der Waals surface area contributed by atoms with Gasteiger partial charge < -0.3 is 0 Å². The zero-order chi connectivity index (χ0) is 4.28. The molecule has 0 aliphatic heterocycles. The maximum atomic E-state index is 2.94. The van der Waals surface area contributed by atoms with E-state index >= 15 is 0 Å². The van der Waals surface area contributed by atoms with Gasteiger partial charge in [-0.1, -0.05) is 9.39 Å². The first kappa shape index (κ1) is 5.39. The van der Waals surface area contributed by atoms with Gasteiger partial charge in [0.2, 0.25) is 0 Å². The molecule has 0 heterocycles. The zero-order valence-corrected chi connectivity index (χ0v) is 4.81. The van der Waals surface area contributed by atoms with Crippen LogP contribution in [0.5, 0.6) is 0 Å². The van der Waals surface area contributed by atoms with Crippen LogP contribution in [-0.2, 0) is 0 Å². The molecule has 1 nitrogen and oxygen atoms in total. The molecule has 0 amide bonds. The Morgan fingerprint density at radius 3 is 1.80 bits per heavy atom. The van der Waals surface area contributed by atoms with Crippen molar-refractivity contribution in [2.45, 2.75) is 19.9 Å². The Bertz CT molecular complexity index is 20.9. The summed E-state index contributed by atoms with van der Waals surface area (Å²) in [6.07, 6.45) is 0. The van der Waals surface area contributed by atoms with Gasteiger partial charge in [-0.25, -0.2) is 0 Å². The van der Waals surface area contributed by atoms with E-state index in [1.54, 1.807) is 0 Å². The van der Waals surface area contributed by atoms with Crippen LogP contribution in [0.3, 0.4) is 0 Å². The fraction of sp³-hybridized carbons (Fsp3) is 1.00. The number of hydrogen-bond donors (Lipinski definition) is 1. The maximum Gasteiger partial charge on any atom is 0.00422 e. The first-order valence-corrected chi connectivity index (χ1v) is 2.31. The van der Waals surface area contributed by atoms with Gasteiger partial charge in [0.25, 0.3) is 0 Å². The van der Waals surface area contributed by atoms with E-state index in [4.69, 9.17) is 0 Å². The second-order valence-electron chi connectivity index (χ2n) is 1.32. The Labute approximate surface area is 35.4 Å². The Hall–Kier alpha value is 0.390. The summed E-state index contributed by atoms with van der Waals surface area (Å²) < 4.78 is 0. The molecule has 32 valence electrons. The highest BCUT2D eigenvalue weighted by Gasteiger charge is 1.77. The molecule has 0 aromatic carbocycles. The molecule has 1 unspecified atom stereocenters. The van der Waals surface area contributed by atoms with Crippen molar-refractivity contribution in [2.24, 2.45) is 0 Å². The minimum Gasteiger partial charge on any atom is -0.298 e. The fourth-order valence-electron chi connectivity index (χ4n) is 0. The largest absolute Gasteiger partial charge is 0.298 e. The average molecular weight is 91.1 g/mol. The Morgan fingerprint density at radius 1 is 1.60 bits per heavy atom. The first-order valence-electron chi connectivity index (χ1n) is 1.73. The molecule has 0 rings (SSSR count). The van der Waals surface area contributed by atoms with Crippen molar-refractivity contribution >= 4 is 9.39 Å². The second kappa shape index (κ2) is 2.62. The minimum absolute atomic E-state index is 0.597. The third kappa shape index (κ3) is 4.39. The van der Waals surface area contributed by atoms with Gasteiger partial charge in [-0.15, -0.1) is 0 Å². The Morgan fingerprint density at radius 2 is 1.80 bits per heavy atom. The average Bonchev–Trinajstić information content (AvgIpc) is 1.38. The summed E-state index contributed by atoms with van der Waals surface area (Å²) in [5, 5.41) is 2.94. The van der Waals surface area contributed by atoms with Crippen molar-refractivity contribution in [3.63, 3.8) is 0 Å². The second-order valence-corrected chi connectivity index (χ2v) is 1.65. The van der Waals surface area contributed by atoms with E-state index in [2.05, 4.69) is 28.3 Å². The SMILES string of the molecule is CC(C)NP. The van der Waals surface area contributed by atoms with Crippen molar-refractivity contribution in [3.8, 4) is 0 Å². The summed E-state index contributed by atoms with van der Waals surface area (Å²) in [5.74, 6) is 0. The first-order chi connectivity index (χ1) is 2.27. The van der Waals surface area contributed by atoms with Crippen LogP contribution < -0.4 is 5.09 Å². The molecule has 0 radical (unpaired) electrons. The van der Waals surface area contributed by atoms with E-state index in [1.165, 1.54) is 0 Å². The van der Waals surface area contributed by atoms with Crippen LogP contribution in [0.4, 0.5) is 0 Å². The van der Waals surface area contributed by atoms with Gasteiger partial charge in [0.1, 0.15) is 0 Å². The summed E-state index contributed by atoms with van der Waals surface area (Å²) in [4.78, 5) is 0. The van der Waals surface area contributed by atoms with E-state index in [-0.39, 0.29) is 0 Å². The summed E-state index contributed by atoms with van der Waals surface area (Å²) in [7, 11) is 2.44. The summed E-state index contributed by atoms with van der Waals surface area (Å²) in [6, 6.07) is 0.597. The van der Waals surface area contributed by atoms with Gasteiger partial charge >= 0.3 is 0 Å². The maximum absolute atomic E-state index is 2.94. The zero-order valence-electron chi connectivity index (χ0n) is 3.65. The van der Waals surface area contributed by atoms with Crippen LogP contribution >= 0.6 is 9.39 Å². The Kier molecular flexibility index (Phi) is 2.82. The van der Waals surface area contributed by atoms with Gasteiger partial charge in [0.15, 0.2) is 0 Å². The van der Waals surface area contributed by atoms with Crippen LogP contribution in [0.15, 0.2) is 0 Å². The van der Waals surface area contributed by atoms with Crippen molar-refractivity contribution in [3.05, 3.63) is 0 Å². The molecule has 0 bridgehead atoms. The minimum atomic E-state index is 0.597. The Balaban J connectivity index is 2.54. The molecular formula is C3H10NP. The predicted octanol–water partition coefficient (Wildman–Crippen LogP) is 0.774. The molecule has 0 saturated heterocycles. The van der Waals surface area contributed by atoms with E-state index in [0.29, 0.717) is 6.04 Å². The monoisotopic (exact) mass is 91.1 g/mol. The highest BCUT2D eigenvalue weighted by Crippen LogP contribution is 1.77. The quantitative estimate of drug-likeness (QED) is 0.470. The molecule has 0 aromatic heterocycles.